The van der Waals surface area contributed by atoms with E-state index < -0.39 is 0 Å². The van der Waals surface area contributed by atoms with Crippen LogP contribution in [0.5, 0.6) is 17.2 Å². The van der Waals surface area contributed by atoms with Crippen LogP contribution >= 0.6 is 0 Å². The van der Waals surface area contributed by atoms with E-state index in [4.69, 9.17) is 18.6 Å². The minimum absolute atomic E-state index is 0.0582. The third-order valence-electron chi connectivity index (χ3n) is 4.83. The maximum Gasteiger partial charge on any atom is 0.336 e. The summed E-state index contributed by atoms with van der Waals surface area (Å²) in [5.41, 5.74) is 1.000. The normalized spacial score (nSPS) is 15.0. The molecule has 0 saturated carbocycles. The fourth-order valence-electron chi connectivity index (χ4n) is 3.29. The van der Waals surface area contributed by atoms with E-state index in [-0.39, 0.29) is 17.6 Å². The van der Waals surface area contributed by atoms with Crippen molar-refractivity contribution in [3.8, 4) is 17.2 Å². The highest BCUT2D eigenvalue weighted by molar-refractivity contribution is 5.81. The van der Waals surface area contributed by atoms with E-state index in [1.165, 1.54) is 6.07 Å². The van der Waals surface area contributed by atoms with Gasteiger partial charge in [0.1, 0.15) is 24.0 Å². The quantitative estimate of drug-likeness (QED) is 0.476. The highest BCUT2D eigenvalue weighted by Gasteiger charge is 2.20. The molecule has 1 N–H and O–H groups in total. The Morgan fingerprint density at radius 1 is 1.17 bits per heavy atom. The van der Waals surface area contributed by atoms with Gasteiger partial charge in [0.25, 0.3) is 0 Å². The molecular weight excluding hydrogens is 386 g/mol. The highest BCUT2D eigenvalue weighted by atomic mass is 16.6. The molecule has 1 aromatic heterocycles. The lowest BCUT2D eigenvalue weighted by molar-refractivity contribution is -0.121. The molecule has 1 amide bonds. The van der Waals surface area contributed by atoms with Crippen LogP contribution in [-0.4, -0.2) is 31.8 Å². The Kier molecular flexibility index (Phi) is 5.88. The molecule has 0 aliphatic carbocycles. The van der Waals surface area contributed by atoms with Crippen LogP contribution in [-0.2, 0) is 4.79 Å². The lowest BCUT2D eigenvalue weighted by Gasteiger charge is -2.26. The van der Waals surface area contributed by atoms with Gasteiger partial charge in [0, 0.05) is 17.9 Å². The Labute approximate surface area is 173 Å². The minimum Gasteiger partial charge on any atom is -0.494 e. The largest absolute Gasteiger partial charge is 0.494 e. The van der Waals surface area contributed by atoms with Gasteiger partial charge in [-0.3, -0.25) is 4.79 Å². The highest BCUT2D eigenvalue weighted by Crippen LogP contribution is 2.30. The van der Waals surface area contributed by atoms with Crippen LogP contribution in [0.25, 0.3) is 11.0 Å². The van der Waals surface area contributed by atoms with Crippen molar-refractivity contribution in [3.63, 3.8) is 0 Å². The van der Waals surface area contributed by atoms with Crippen molar-refractivity contribution in [1.82, 2.24) is 5.32 Å². The predicted octanol–water partition coefficient (Wildman–Crippen LogP) is 3.22. The van der Waals surface area contributed by atoms with Crippen LogP contribution in [0, 0.1) is 6.92 Å². The first kappa shape index (κ1) is 19.8. The summed E-state index contributed by atoms with van der Waals surface area (Å²) >= 11 is 0. The molecule has 1 aliphatic heterocycles. The molecule has 2 aromatic carbocycles. The zero-order valence-corrected chi connectivity index (χ0v) is 16.7. The molecule has 156 valence electrons. The van der Waals surface area contributed by atoms with Gasteiger partial charge in [-0.25, -0.2) is 4.79 Å². The van der Waals surface area contributed by atoms with Crippen molar-refractivity contribution in [1.29, 1.82) is 0 Å². The topological polar surface area (TPSA) is 87.0 Å². The second kappa shape index (κ2) is 8.90. The van der Waals surface area contributed by atoms with Crippen LogP contribution in [0.2, 0.25) is 0 Å². The van der Waals surface area contributed by atoms with E-state index in [0.29, 0.717) is 49.7 Å². The van der Waals surface area contributed by atoms with E-state index in [2.05, 4.69) is 5.32 Å². The fraction of sp³-hybridized carbons (Fsp3) is 0.304. The molecule has 0 bridgehead atoms. The first-order valence-corrected chi connectivity index (χ1v) is 9.91. The number of carbonyl (C=O) groups is 1. The van der Waals surface area contributed by atoms with Gasteiger partial charge in [0.05, 0.1) is 13.2 Å². The van der Waals surface area contributed by atoms with Crippen molar-refractivity contribution in [2.75, 3.05) is 19.8 Å². The average molecular weight is 409 g/mol. The third-order valence-corrected chi connectivity index (χ3v) is 4.83. The molecule has 3 aromatic rings. The summed E-state index contributed by atoms with van der Waals surface area (Å²) in [6.45, 7) is 3.06. The number of benzene rings is 2. The van der Waals surface area contributed by atoms with Crippen LogP contribution in [0.4, 0.5) is 0 Å². The number of hydrogen-bond acceptors (Lipinski definition) is 6. The Balaban J connectivity index is 1.19. The van der Waals surface area contributed by atoms with Gasteiger partial charge in [0.2, 0.25) is 5.91 Å². The number of rotatable bonds is 7. The van der Waals surface area contributed by atoms with E-state index >= 15 is 0 Å². The number of fused-ring (bicyclic) bond motifs is 2. The molecule has 30 heavy (non-hydrogen) atoms. The van der Waals surface area contributed by atoms with Gasteiger partial charge in [-0.2, -0.15) is 0 Å². The van der Waals surface area contributed by atoms with Gasteiger partial charge in [-0.05, 0) is 49.2 Å². The number of amides is 1. The number of para-hydroxylation sites is 2. The second-order valence-electron chi connectivity index (χ2n) is 7.16. The van der Waals surface area contributed by atoms with Crippen LogP contribution in [0.3, 0.4) is 0 Å². The summed E-state index contributed by atoms with van der Waals surface area (Å²) < 4.78 is 22.4. The molecule has 7 nitrogen and oxygen atoms in total. The smallest absolute Gasteiger partial charge is 0.336 e. The molecule has 0 saturated heterocycles. The zero-order chi connectivity index (χ0) is 20.9. The Hall–Kier alpha value is -3.48. The Morgan fingerprint density at radius 2 is 2.00 bits per heavy atom. The second-order valence-corrected chi connectivity index (χ2v) is 7.16. The van der Waals surface area contributed by atoms with Crippen LogP contribution < -0.4 is 25.2 Å². The molecule has 0 radical (unpaired) electrons. The third kappa shape index (κ3) is 4.74. The van der Waals surface area contributed by atoms with Crippen molar-refractivity contribution < 1.29 is 23.4 Å². The van der Waals surface area contributed by atoms with Crippen molar-refractivity contribution in [2.24, 2.45) is 0 Å². The molecule has 1 unspecified atom stereocenters. The molecule has 2 heterocycles. The number of carbonyl (C=O) groups excluding carboxylic acids is 1. The molecule has 1 atom stereocenters. The lowest BCUT2D eigenvalue weighted by Crippen LogP contribution is -2.40. The summed E-state index contributed by atoms with van der Waals surface area (Å²) in [5, 5.41) is 3.71. The summed E-state index contributed by atoms with van der Waals surface area (Å²) in [7, 11) is 0. The number of aryl methyl sites for hydroxylation is 1. The Morgan fingerprint density at radius 3 is 2.87 bits per heavy atom. The average Bonchev–Trinajstić information content (AvgIpc) is 2.75. The lowest BCUT2D eigenvalue weighted by atomic mass is 10.1. The SMILES string of the molecule is Cc1cc(=O)oc2ccc(OCCCC(=O)NCC3COc4ccccc4O3)cc12. The molecular formula is C23H23NO6. The Bertz CT molecular complexity index is 1110. The predicted molar refractivity (Wildman–Crippen MR) is 111 cm³/mol. The molecule has 1 aliphatic rings. The van der Waals surface area contributed by atoms with Crippen molar-refractivity contribution in [2.45, 2.75) is 25.9 Å². The zero-order valence-electron chi connectivity index (χ0n) is 16.7. The monoisotopic (exact) mass is 409 g/mol. The maximum atomic E-state index is 12.1. The first-order chi connectivity index (χ1) is 14.6. The number of nitrogens with one attached hydrogen (secondary N) is 1. The summed E-state index contributed by atoms with van der Waals surface area (Å²) in [6, 6.07) is 14.2. The summed E-state index contributed by atoms with van der Waals surface area (Å²) in [6.07, 6.45) is 0.726. The van der Waals surface area contributed by atoms with Crippen LogP contribution in [0.1, 0.15) is 18.4 Å². The summed E-state index contributed by atoms with van der Waals surface area (Å²) in [4.78, 5) is 23.5. The van der Waals surface area contributed by atoms with Gasteiger partial charge in [-0.1, -0.05) is 12.1 Å². The fourth-order valence-corrected chi connectivity index (χ4v) is 3.29. The maximum absolute atomic E-state index is 12.1. The number of ether oxygens (including phenoxy) is 3. The van der Waals surface area contributed by atoms with Crippen molar-refractivity contribution in [3.05, 3.63) is 64.5 Å². The molecule has 0 spiro atoms. The van der Waals surface area contributed by atoms with Gasteiger partial charge in [0.15, 0.2) is 11.5 Å². The number of hydrogen-bond donors (Lipinski definition) is 1. The van der Waals surface area contributed by atoms with E-state index in [9.17, 15) is 9.59 Å². The van der Waals surface area contributed by atoms with Gasteiger partial charge < -0.3 is 23.9 Å². The molecule has 0 fully saturated rings. The van der Waals surface area contributed by atoms with E-state index in [1.807, 2.05) is 37.3 Å². The van der Waals surface area contributed by atoms with Crippen LogP contribution in [0.15, 0.2) is 57.7 Å². The van der Waals surface area contributed by atoms with Crippen molar-refractivity contribution >= 4 is 16.9 Å². The minimum atomic E-state index is -0.367. The van der Waals surface area contributed by atoms with E-state index in [0.717, 1.165) is 16.7 Å². The van der Waals surface area contributed by atoms with E-state index in [1.54, 1.807) is 12.1 Å². The first-order valence-electron chi connectivity index (χ1n) is 9.91. The van der Waals surface area contributed by atoms with Gasteiger partial charge >= 0.3 is 5.63 Å². The summed E-state index contributed by atoms with van der Waals surface area (Å²) in [5.74, 6) is 2.04. The molecule has 4 rings (SSSR count). The molecule has 7 heteroatoms. The standard InChI is InChI=1S/C23H23NO6/c1-15-11-23(26)30-19-9-8-16(12-18(15)19)27-10-4-7-22(25)24-13-17-14-28-20-5-2-3-6-21(20)29-17/h2-3,5-6,8-9,11-12,17H,4,7,10,13-14H2,1H3,(H,24,25). The van der Waals surface area contributed by atoms with Gasteiger partial charge in [-0.15, -0.1) is 0 Å².